The van der Waals surface area contributed by atoms with Crippen LogP contribution in [-0.2, 0) is 11.3 Å². The fourth-order valence-corrected chi connectivity index (χ4v) is 1.87. The Morgan fingerprint density at radius 3 is 2.55 bits per heavy atom. The standard InChI is InChI=1S/C13H14N4O3/c1-9-4-3-5-10(2)13(9)14-12(18)8-16-7-6-11(15-16)17(19)20/h3-7H,8H2,1-2H3,(H,14,18). The third-order valence-electron chi connectivity index (χ3n) is 2.86. The number of rotatable bonds is 4. The first-order valence-corrected chi connectivity index (χ1v) is 6.01. The molecule has 0 saturated heterocycles. The Morgan fingerprint density at radius 1 is 1.35 bits per heavy atom. The zero-order valence-electron chi connectivity index (χ0n) is 11.2. The molecule has 0 bridgehead atoms. The maximum absolute atomic E-state index is 11.9. The van der Waals surface area contributed by atoms with Gasteiger partial charge in [0.15, 0.2) is 0 Å². The quantitative estimate of drug-likeness (QED) is 0.682. The van der Waals surface area contributed by atoms with E-state index in [0.717, 1.165) is 16.8 Å². The monoisotopic (exact) mass is 274 g/mol. The first-order chi connectivity index (χ1) is 9.47. The van der Waals surface area contributed by atoms with E-state index in [2.05, 4.69) is 10.4 Å². The van der Waals surface area contributed by atoms with Crippen LogP contribution in [-0.4, -0.2) is 20.6 Å². The highest BCUT2D eigenvalue weighted by Crippen LogP contribution is 2.19. The first-order valence-electron chi connectivity index (χ1n) is 6.01. The number of aromatic nitrogens is 2. The molecule has 0 spiro atoms. The number of hydrogen-bond donors (Lipinski definition) is 1. The van der Waals surface area contributed by atoms with Crippen molar-refractivity contribution in [2.24, 2.45) is 0 Å². The topological polar surface area (TPSA) is 90.1 Å². The minimum absolute atomic E-state index is 0.0678. The Bertz CT molecular complexity index is 643. The lowest BCUT2D eigenvalue weighted by atomic mass is 10.1. The molecule has 1 amide bonds. The molecule has 0 fully saturated rings. The average Bonchev–Trinajstić information content (AvgIpc) is 2.82. The van der Waals surface area contributed by atoms with Gasteiger partial charge in [-0.1, -0.05) is 18.2 Å². The lowest BCUT2D eigenvalue weighted by Gasteiger charge is -2.10. The lowest BCUT2D eigenvalue weighted by molar-refractivity contribution is -0.389. The van der Waals surface area contributed by atoms with Gasteiger partial charge in [-0.15, -0.1) is 0 Å². The first kappa shape index (κ1) is 13.7. The molecular formula is C13H14N4O3. The number of hydrogen-bond acceptors (Lipinski definition) is 4. The molecule has 0 aliphatic rings. The summed E-state index contributed by atoms with van der Waals surface area (Å²) in [5.41, 5.74) is 2.69. The molecule has 1 aromatic carbocycles. The van der Waals surface area contributed by atoms with Crippen LogP contribution in [0.25, 0.3) is 0 Å². The zero-order chi connectivity index (χ0) is 14.7. The Labute approximate surface area is 115 Å². The predicted molar refractivity (Wildman–Crippen MR) is 73.4 cm³/mol. The molecule has 104 valence electrons. The van der Waals surface area contributed by atoms with Gasteiger partial charge in [0.05, 0.1) is 17.4 Å². The van der Waals surface area contributed by atoms with Crippen molar-refractivity contribution >= 4 is 17.4 Å². The molecule has 7 nitrogen and oxygen atoms in total. The van der Waals surface area contributed by atoms with E-state index in [1.54, 1.807) is 0 Å². The smallest absolute Gasteiger partial charge is 0.358 e. The summed E-state index contributed by atoms with van der Waals surface area (Å²) < 4.78 is 1.24. The van der Waals surface area contributed by atoms with E-state index < -0.39 is 4.92 Å². The van der Waals surface area contributed by atoms with Crippen LogP contribution in [0.2, 0.25) is 0 Å². The third kappa shape index (κ3) is 3.00. The van der Waals surface area contributed by atoms with Crippen LogP contribution >= 0.6 is 0 Å². The second kappa shape index (κ2) is 5.52. The highest BCUT2D eigenvalue weighted by atomic mass is 16.6. The number of carbonyl (C=O) groups is 1. The van der Waals surface area contributed by atoms with Gasteiger partial charge in [0.1, 0.15) is 6.54 Å². The Kier molecular flexibility index (Phi) is 3.79. The van der Waals surface area contributed by atoms with Gasteiger partial charge in [-0.3, -0.25) is 4.79 Å². The van der Waals surface area contributed by atoms with Crippen molar-refractivity contribution in [3.8, 4) is 0 Å². The number of anilines is 1. The van der Waals surface area contributed by atoms with Crippen LogP contribution in [0.1, 0.15) is 11.1 Å². The third-order valence-corrected chi connectivity index (χ3v) is 2.86. The summed E-state index contributed by atoms with van der Waals surface area (Å²) in [5, 5.41) is 17.0. The second-order valence-corrected chi connectivity index (χ2v) is 4.44. The van der Waals surface area contributed by atoms with Gasteiger partial charge in [0.25, 0.3) is 0 Å². The van der Waals surface area contributed by atoms with Crippen molar-refractivity contribution in [3.05, 3.63) is 51.7 Å². The van der Waals surface area contributed by atoms with E-state index >= 15 is 0 Å². The van der Waals surface area contributed by atoms with Crippen molar-refractivity contribution < 1.29 is 9.72 Å². The van der Waals surface area contributed by atoms with Crippen LogP contribution in [0.15, 0.2) is 30.5 Å². The summed E-state index contributed by atoms with van der Waals surface area (Å²) >= 11 is 0. The molecule has 0 radical (unpaired) electrons. The number of nitrogens with one attached hydrogen (secondary N) is 1. The normalized spacial score (nSPS) is 10.3. The predicted octanol–water partition coefficient (Wildman–Crippen LogP) is 2.05. The molecule has 2 aromatic rings. The number of benzene rings is 1. The van der Waals surface area contributed by atoms with Crippen molar-refractivity contribution in [1.29, 1.82) is 0 Å². The number of aryl methyl sites for hydroxylation is 2. The summed E-state index contributed by atoms with van der Waals surface area (Å²) in [6.45, 7) is 3.74. The van der Waals surface area contributed by atoms with E-state index in [1.165, 1.54) is 16.9 Å². The fraction of sp³-hybridized carbons (Fsp3) is 0.231. The van der Waals surface area contributed by atoms with Crippen molar-refractivity contribution in [1.82, 2.24) is 9.78 Å². The van der Waals surface area contributed by atoms with Gasteiger partial charge in [-0.2, -0.15) is 4.68 Å². The van der Waals surface area contributed by atoms with E-state index in [1.807, 2.05) is 32.0 Å². The molecule has 1 aromatic heterocycles. The van der Waals surface area contributed by atoms with Crippen LogP contribution in [0.5, 0.6) is 0 Å². The number of carbonyl (C=O) groups excluding carboxylic acids is 1. The average molecular weight is 274 g/mol. The Hall–Kier alpha value is -2.70. The molecule has 0 saturated carbocycles. The number of nitrogens with zero attached hydrogens (tertiary/aromatic N) is 3. The van der Waals surface area contributed by atoms with Crippen LogP contribution in [0.4, 0.5) is 11.5 Å². The molecule has 20 heavy (non-hydrogen) atoms. The molecular weight excluding hydrogens is 260 g/mol. The fourth-order valence-electron chi connectivity index (χ4n) is 1.87. The van der Waals surface area contributed by atoms with Crippen LogP contribution in [0.3, 0.4) is 0 Å². The second-order valence-electron chi connectivity index (χ2n) is 4.44. The molecule has 2 rings (SSSR count). The zero-order valence-corrected chi connectivity index (χ0v) is 11.2. The Balaban J connectivity index is 2.07. The summed E-state index contributed by atoms with van der Waals surface area (Å²) in [4.78, 5) is 21.8. The molecule has 0 aliphatic carbocycles. The molecule has 1 heterocycles. The molecule has 7 heteroatoms. The SMILES string of the molecule is Cc1cccc(C)c1NC(=O)Cn1ccc([N+](=O)[O-])n1. The van der Waals surface area contributed by atoms with Crippen molar-refractivity contribution in [2.75, 3.05) is 5.32 Å². The summed E-state index contributed by atoms with van der Waals surface area (Å²) in [5.74, 6) is -0.551. The van der Waals surface area contributed by atoms with Gasteiger partial charge in [-0.25, -0.2) is 0 Å². The molecule has 0 aliphatic heterocycles. The highest BCUT2D eigenvalue weighted by molar-refractivity contribution is 5.92. The molecule has 0 atom stereocenters. The summed E-state index contributed by atoms with van der Waals surface area (Å²) in [6.07, 6.45) is 1.41. The van der Waals surface area contributed by atoms with Crippen LogP contribution in [0, 0.1) is 24.0 Å². The molecule has 0 unspecified atom stereocenters. The maximum atomic E-state index is 11.9. The van der Waals surface area contributed by atoms with E-state index in [4.69, 9.17) is 0 Å². The minimum Gasteiger partial charge on any atom is -0.358 e. The van der Waals surface area contributed by atoms with Crippen molar-refractivity contribution in [3.63, 3.8) is 0 Å². The number of para-hydroxylation sites is 1. The van der Waals surface area contributed by atoms with E-state index in [-0.39, 0.29) is 18.3 Å². The van der Waals surface area contributed by atoms with E-state index in [0.29, 0.717) is 0 Å². The van der Waals surface area contributed by atoms with Gasteiger partial charge >= 0.3 is 5.82 Å². The maximum Gasteiger partial charge on any atom is 0.389 e. The van der Waals surface area contributed by atoms with Crippen molar-refractivity contribution in [2.45, 2.75) is 20.4 Å². The largest absolute Gasteiger partial charge is 0.389 e. The van der Waals surface area contributed by atoms with Gasteiger partial charge in [0, 0.05) is 5.69 Å². The van der Waals surface area contributed by atoms with Crippen LogP contribution < -0.4 is 5.32 Å². The van der Waals surface area contributed by atoms with Gasteiger partial charge in [0.2, 0.25) is 5.91 Å². The number of nitro groups is 1. The summed E-state index contributed by atoms with van der Waals surface area (Å²) in [6, 6.07) is 6.98. The lowest BCUT2D eigenvalue weighted by Crippen LogP contribution is -2.20. The summed E-state index contributed by atoms with van der Waals surface area (Å²) in [7, 11) is 0. The minimum atomic E-state index is -0.597. The molecule has 1 N–H and O–H groups in total. The van der Waals surface area contributed by atoms with E-state index in [9.17, 15) is 14.9 Å². The number of amides is 1. The van der Waals surface area contributed by atoms with Gasteiger partial charge in [-0.05, 0) is 29.9 Å². The van der Waals surface area contributed by atoms with Gasteiger partial charge < -0.3 is 15.4 Å². The highest BCUT2D eigenvalue weighted by Gasteiger charge is 2.14. The Morgan fingerprint density at radius 2 is 2.00 bits per heavy atom.